The Labute approximate surface area is 409 Å². The SMILES string of the molecule is CCCc1sc(-c2ccc(OC)c(OCCN3CCN(C)CC3)c2)nc1C(C)Sc1nc(N)cc(N)n1.Cc1sc(-c2ccnc(OCCN3CCC3)c2)nc1C(C)Sc1nc(N)cc(N)n1. The van der Waals surface area contributed by atoms with Crippen LogP contribution in [0.25, 0.3) is 21.1 Å². The third-order valence-electron chi connectivity index (χ3n) is 11.1. The van der Waals surface area contributed by atoms with E-state index in [4.69, 9.17) is 47.1 Å². The van der Waals surface area contributed by atoms with Gasteiger partial charge in [0.15, 0.2) is 21.8 Å². The first kappa shape index (κ1) is 49.9. The van der Waals surface area contributed by atoms with Crippen LogP contribution in [0.2, 0.25) is 0 Å². The molecule has 2 saturated heterocycles. The van der Waals surface area contributed by atoms with E-state index in [1.807, 2.05) is 30.3 Å². The second-order valence-corrected chi connectivity index (χ2v) is 21.2. The van der Waals surface area contributed by atoms with Crippen molar-refractivity contribution in [3.05, 3.63) is 69.8 Å². The number of ether oxygens (including phenoxy) is 3. The van der Waals surface area contributed by atoms with Crippen molar-refractivity contribution in [1.82, 2.24) is 49.6 Å². The lowest BCUT2D eigenvalue weighted by Crippen LogP contribution is -2.45. The number of pyridine rings is 1. The van der Waals surface area contributed by atoms with Gasteiger partial charge in [0.05, 0.1) is 29.0 Å². The third kappa shape index (κ3) is 14.0. The average molecular weight is 987 g/mol. The van der Waals surface area contributed by atoms with Crippen molar-refractivity contribution in [2.45, 2.75) is 67.8 Å². The minimum atomic E-state index is 0.0466. The van der Waals surface area contributed by atoms with Crippen LogP contribution in [0.15, 0.2) is 59.0 Å². The fourth-order valence-electron chi connectivity index (χ4n) is 7.36. The number of hydrogen-bond acceptors (Lipinski definition) is 21. The zero-order valence-corrected chi connectivity index (χ0v) is 42.4. The molecule has 2 aliphatic heterocycles. The van der Waals surface area contributed by atoms with Crippen LogP contribution in [0.1, 0.15) is 65.3 Å². The molecule has 0 radical (unpaired) electrons. The Balaban J connectivity index is 0.000000203. The molecule has 7 heterocycles. The van der Waals surface area contributed by atoms with Crippen molar-refractivity contribution in [1.29, 1.82) is 0 Å². The molecule has 17 nitrogen and oxygen atoms in total. The molecule has 0 bridgehead atoms. The summed E-state index contributed by atoms with van der Waals surface area (Å²) in [4.78, 5) is 41.0. The molecule has 2 fully saturated rings. The van der Waals surface area contributed by atoms with Crippen LogP contribution >= 0.6 is 46.2 Å². The van der Waals surface area contributed by atoms with Gasteiger partial charge in [0.1, 0.15) is 46.5 Å². The maximum atomic E-state index is 6.21. The Morgan fingerprint density at radius 2 is 1.24 bits per heavy atom. The van der Waals surface area contributed by atoms with Crippen LogP contribution in [-0.4, -0.2) is 129 Å². The second kappa shape index (κ2) is 23.8. The molecule has 0 spiro atoms. The Bertz CT molecular complexity index is 2510. The molecule has 0 aliphatic carbocycles. The lowest BCUT2D eigenvalue weighted by Gasteiger charge is -2.32. The Morgan fingerprint density at radius 1 is 0.672 bits per heavy atom. The molecule has 21 heteroatoms. The molecule has 0 amide bonds. The summed E-state index contributed by atoms with van der Waals surface area (Å²) in [5.74, 6) is 3.58. The summed E-state index contributed by atoms with van der Waals surface area (Å²) in [6.45, 7) is 18.2. The number of hydrogen-bond donors (Lipinski definition) is 4. The van der Waals surface area contributed by atoms with Crippen LogP contribution in [0.4, 0.5) is 23.3 Å². The number of nitrogens with zero attached hydrogens (tertiary/aromatic N) is 10. The number of thiazole rings is 2. The number of thioether (sulfide) groups is 2. The van der Waals surface area contributed by atoms with E-state index in [1.54, 1.807) is 48.1 Å². The normalized spacial score (nSPS) is 15.3. The maximum absolute atomic E-state index is 6.21. The van der Waals surface area contributed by atoms with Gasteiger partial charge in [0, 0.05) is 84.5 Å². The molecule has 1 aromatic carbocycles. The molecule has 2 aliphatic rings. The van der Waals surface area contributed by atoms with Gasteiger partial charge in [-0.05, 0) is 78.0 Å². The van der Waals surface area contributed by atoms with Crippen LogP contribution in [0.3, 0.4) is 0 Å². The van der Waals surface area contributed by atoms with E-state index in [2.05, 4.69) is 74.4 Å². The van der Waals surface area contributed by atoms with E-state index in [-0.39, 0.29) is 10.5 Å². The number of piperazine rings is 1. The topological polar surface area (TPSA) is 232 Å². The van der Waals surface area contributed by atoms with Crippen molar-refractivity contribution in [3.63, 3.8) is 0 Å². The highest BCUT2D eigenvalue weighted by Crippen LogP contribution is 2.42. The van der Waals surface area contributed by atoms with Crippen LogP contribution in [-0.2, 0) is 6.42 Å². The number of aryl methyl sites for hydroxylation is 2. The van der Waals surface area contributed by atoms with Crippen molar-refractivity contribution < 1.29 is 14.2 Å². The Hall–Kier alpha value is -5.03. The highest BCUT2D eigenvalue weighted by molar-refractivity contribution is 7.99. The van der Waals surface area contributed by atoms with Crippen molar-refractivity contribution in [2.24, 2.45) is 0 Å². The van der Waals surface area contributed by atoms with Gasteiger partial charge in [-0.15, -0.1) is 22.7 Å². The molecule has 8 N–H and O–H groups in total. The molecule has 2 unspecified atom stereocenters. The summed E-state index contributed by atoms with van der Waals surface area (Å²) in [6, 6.07) is 13.1. The Kier molecular flexibility index (Phi) is 17.7. The van der Waals surface area contributed by atoms with E-state index < -0.39 is 0 Å². The zero-order valence-electron chi connectivity index (χ0n) is 39.1. The zero-order chi connectivity index (χ0) is 47.5. The lowest BCUT2D eigenvalue weighted by atomic mass is 10.2. The quantitative estimate of drug-likeness (QED) is 0.0452. The van der Waals surface area contributed by atoms with Gasteiger partial charge in [0.25, 0.3) is 0 Å². The predicted molar refractivity (Wildman–Crippen MR) is 274 cm³/mol. The summed E-state index contributed by atoms with van der Waals surface area (Å²) < 4.78 is 17.6. The van der Waals surface area contributed by atoms with Crippen molar-refractivity contribution in [3.8, 4) is 38.5 Å². The maximum Gasteiger partial charge on any atom is 0.213 e. The summed E-state index contributed by atoms with van der Waals surface area (Å²) in [7, 11) is 3.84. The predicted octanol–water partition coefficient (Wildman–Crippen LogP) is 7.61. The van der Waals surface area contributed by atoms with Gasteiger partial charge in [-0.25, -0.2) is 34.9 Å². The largest absolute Gasteiger partial charge is 0.493 e. The van der Waals surface area contributed by atoms with Crippen LogP contribution < -0.4 is 37.1 Å². The van der Waals surface area contributed by atoms with Gasteiger partial charge in [-0.2, -0.15) is 0 Å². The number of likely N-dealkylation sites (tertiary alicyclic amines) is 1. The first-order chi connectivity index (χ1) is 32.3. The molecular formula is C46H62N14O3S4. The van der Waals surface area contributed by atoms with Crippen LogP contribution in [0, 0.1) is 6.92 Å². The van der Waals surface area contributed by atoms with E-state index in [0.717, 1.165) is 101 Å². The minimum Gasteiger partial charge on any atom is -0.493 e. The van der Waals surface area contributed by atoms with Crippen molar-refractivity contribution >= 4 is 69.5 Å². The van der Waals surface area contributed by atoms with Gasteiger partial charge in [-0.1, -0.05) is 36.9 Å². The number of benzene rings is 1. The van der Waals surface area contributed by atoms with E-state index in [9.17, 15) is 0 Å². The van der Waals surface area contributed by atoms with E-state index in [1.165, 1.54) is 47.9 Å². The highest BCUT2D eigenvalue weighted by Gasteiger charge is 2.23. The molecule has 5 aromatic heterocycles. The smallest absolute Gasteiger partial charge is 0.213 e. The number of nitrogens with two attached hydrogens (primary N) is 4. The van der Waals surface area contributed by atoms with Crippen molar-refractivity contribution in [2.75, 3.05) is 103 Å². The standard InChI is InChI=1S/C26H37N7O2S2.C20H25N7OS2/c1-5-6-21-24(17(2)36-26-29-22(27)16-23(28)30-26)31-25(37-21)18-7-8-19(34-4)20(15-18)35-14-13-33-11-9-32(3)10-12-33;1-12-18(13(2)30-20-24-15(21)11-16(22)25-20)26-19(29-12)14-4-5-23-17(10-14)28-9-8-27-6-3-7-27/h7-8,15-17H,5-6,9-14H2,1-4H3,(H4,27,28,29,30);4-5,10-11,13H,3,6-9H2,1-2H3,(H4,21,22,24,25). The van der Waals surface area contributed by atoms with Gasteiger partial charge in [0.2, 0.25) is 5.88 Å². The van der Waals surface area contributed by atoms with Gasteiger partial charge < -0.3 is 42.0 Å². The monoisotopic (exact) mass is 986 g/mol. The number of likely N-dealkylation sites (N-methyl/N-ethyl adjacent to an activating group) is 1. The average Bonchev–Trinajstić information content (AvgIpc) is 3.89. The van der Waals surface area contributed by atoms with Gasteiger partial charge >= 0.3 is 0 Å². The summed E-state index contributed by atoms with van der Waals surface area (Å²) in [6.07, 6.45) is 5.05. The number of anilines is 4. The highest BCUT2D eigenvalue weighted by atomic mass is 32.2. The first-order valence-corrected chi connectivity index (χ1v) is 25.9. The molecule has 67 heavy (non-hydrogen) atoms. The second-order valence-electron chi connectivity index (χ2n) is 16.3. The number of nitrogen functional groups attached to an aromatic ring is 4. The van der Waals surface area contributed by atoms with E-state index >= 15 is 0 Å². The molecular weight excluding hydrogens is 925 g/mol. The molecule has 2 atom stereocenters. The van der Waals surface area contributed by atoms with Crippen LogP contribution in [0.5, 0.6) is 17.4 Å². The number of methoxy groups -OCH3 is 1. The fraction of sp³-hybridized carbons (Fsp3) is 0.457. The van der Waals surface area contributed by atoms with Gasteiger partial charge in [-0.3, -0.25) is 9.80 Å². The minimum absolute atomic E-state index is 0.0466. The molecule has 8 rings (SSSR count). The Morgan fingerprint density at radius 3 is 1.84 bits per heavy atom. The van der Waals surface area contributed by atoms with E-state index in [0.29, 0.717) is 52.7 Å². The number of aromatic nitrogens is 7. The summed E-state index contributed by atoms with van der Waals surface area (Å²) in [5, 5.41) is 3.12. The summed E-state index contributed by atoms with van der Waals surface area (Å²) >= 11 is 6.39. The first-order valence-electron chi connectivity index (χ1n) is 22.5. The number of rotatable bonds is 19. The molecule has 0 saturated carbocycles. The lowest BCUT2D eigenvalue weighted by molar-refractivity contribution is 0.133. The fourth-order valence-corrected chi connectivity index (χ4v) is 11.7. The molecule has 6 aromatic rings. The molecule has 358 valence electrons. The summed E-state index contributed by atoms with van der Waals surface area (Å²) in [5.41, 5.74) is 27.4. The third-order valence-corrected chi connectivity index (χ3v) is 15.3.